The fraction of sp³-hybridized carbons (Fsp3) is 0.588. The summed E-state index contributed by atoms with van der Waals surface area (Å²) in [6.45, 7) is 11.3. The summed E-state index contributed by atoms with van der Waals surface area (Å²) in [6.07, 6.45) is 0. The molecule has 0 aliphatic rings. The Morgan fingerprint density at radius 2 is 1.79 bits per heavy atom. The highest BCUT2D eigenvalue weighted by atomic mass is 32.2. The fourth-order valence-corrected chi connectivity index (χ4v) is 3.47. The van der Waals surface area contributed by atoms with E-state index >= 15 is 0 Å². The predicted octanol–water partition coefficient (Wildman–Crippen LogP) is 4.16. The maximum Gasteiger partial charge on any atom is 0.318 e. The lowest BCUT2D eigenvalue weighted by Crippen LogP contribution is -2.52. The van der Waals surface area contributed by atoms with Crippen LogP contribution in [0.4, 0.5) is 13.2 Å². The number of benzene rings is 1. The average molecular weight is 361 g/mol. The van der Waals surface area contributed by atoms with Gasteiger partial charge in [0.1, 0.15) is 12.4 Å². The minimum atomic E-state index is -3.50. The number of halogens is 3. The summed E-state index contributed by atoms with van der Waals surface area (Å²) in [6, 6.07) is 5.25. The van der Waals surface area contributed by atoms with E-state index in [1.165, 1.54) is 25.1 Å². The van der Waals surface area contributed by atoms with Gasteiger partial charge in [0, 0.05) is 26.9 Å². The third-order valence-corrected chi connectivity index (χ3v) is 6.02. The van der Waals surface area contributed by atoms with Crippen molar-refractivity contribution in [1.29, 1.82) is 0 Å². The molecule has 0 spiro atoms. The van der Waals surface area contributed by atoms with Crippen LogP contribution in [0.15, 0.2) is 24.3 Å². The first kappa shape index (κ1) is 20.7. The van der Waals surface area contributed by atoms with Crippen LogP contribution in [0.3, 0.4) is 0 Å². The van der Waals surface area contributed by atoms with Crippen LogP contribution in [0.25, 0.3) is 4.85 Å². The zero-order chi connectivity index (χ0) is 18.6. The summed E-state index contributed by atoms with van der Waals surface area (Å²) in [5, 5.41) is 0. The van der Waals surface area contributed by atoms with Gasteiger partial charge in [-0.15, -0.1) is 0 Å². The molecule has 7 heteroatoms. The molecule has 0 unspecified atom stereocenters. The van der Waals surface area contributed by atoms with E-state index in [2.05, 4.69) is 4.85 Å². The smallest absolute Gasteiger partial charge is 0.306 e. The van der Waals surface area contributed by atoms with Crippen LogP contribution in [-0.4, -0.2) is 34.0 Å². The van der Waals surface area contributed by atoms with Crippen molar-refractivity contribution in [3.63, 3.8) is 0 Å². The Morgan fingerprint density at radius 1 is 1.21 bits per heavy atom. The average Bonchev–Trinajstić information content (AvgIpc) is 2.46. The largest absolute Gasteiger partial charge is 0.318 e. The van der Waals surface area contributed by atoms with E-state index in [-0.39, 0.29) is 5.56 Å². The third kappa shape index (κ3) is 4.58. The SMILES string of the molecule is [C-]#[N+]COCC(F)(F)[C@](C)(C[S@@](=O)C(C)(C)C)c1ccccc1F. The Balaban J connectivity index is 3.33. The van der Waals surface area contributed by atoms with Crippen molar-refractivity contribution in [3.05, 3.63) is 47.1 Å². The van der Waals surface area contributed by atoms with Crippen LogP contribution in [0.1, 0.15) is 33.3 Å². The summed E-state index contributed by atoms with van der Waals surface area (Å²) >= 11 is 0. The predicted molar refractivity (Wildman–Crippen MR) is 88.9 cm³/mol. The van der Waals surface area contributed by atoms with Gasteiger partial charge in [0.25, 0.3) is 5.92 Å². The second kappa shape index (κ2) is 7.66. The van der Waals surface area contributed by atoms with Crippen molar-refractivity contribution in [2.75, 3.05) is 19.1 Å². The lowest BCUT2D eigenvalue weighted by atomic mass is 9.78. The first-order chi connectivity index (χ1) is 11.0. The molecule has 1 aromatic carbocycles. The van der Waals surface area contributed by atoms with E-state index in [0.717, 1.165) is 6.07 Å². The van der Waals surface area contributed by atoms with Crippen molar-refractivity contribution in [2.24, 2.45) is 0 Å². The van der Waals surface area contributed by atoms with E-state index < -0.39 is 51.8 Å². The van der Waals surface area contributed by atoms with E-state index in [4.69, 9.17) is 11.3 Å². The van der Waals surface area contributed by atoms with Crippen LogP contribution in [0.2, 0.25) is 0 Å². The molecule has 24 heavy (non-hydrogen) atoms. The molecule has 0 aliphatic carbocycles. The molecule has 134 valence electrons. The Morgan fingerprint density at radius 3 is 2.29 bits per heavy atom. The summed E-state index contributed by atoms with van der Waals surface area (Å²) in [5.74, 6) is -4.71. The van der Waals surface area contributed by atoms with Crippen LogP contribution in [0.5, 0.6) is 0 Å². The lowest BCUT2D eigenvalue weighted by Gasteiger charge is -2.38. The van der Waals surface area contributed by atoms with Gasteiger partial charge < -0.3 is 4.74 Å². The molecule has 0 saturated heterocycles. The molecular formula is C17H22F3NO2S. The minimum Gasteiger partial charge on any atom is -0.306 e. The molecule has 0 saturated carbocycles. The molecule has 1 aromatic rings. The van der Waals surface area contributed by atoms with E-state index in [1.807, 2.05) is 0 Å². The van der Waals surface area contributed by atoms with Gasteiger partial charge in [-0.1, -0.05) is 18.2 Å². The van der Waals surface area contributed by atoms with Crippen LogP contribution < -0.4 is 0 Å². The summed E-state index contributed by atoms with van der Waals surface area (Å²) in [4.78, 5) is 2.87. The molecule has 0 fully saturated rings. The lowest BCUT2D eigenvalue weighted by molar-refractivity contribution is -0.118. The van der Waals surface area contributed by atoms with Gasteiger partial charge >= 0.3 is 6.73 Å². The first-order valence-corrected chi connectivity index (χ1v) is 8.70. The number of nitrogens with zero attached hydrogens (tertiary/aromatic N) is 1. The van der Waals surface area contributed by atoms with Crippen LogP contribution in [-0.2, 0) is 21.0 Å². The number of alkyl halides is 2. The van der Waals surface area contributed by atoms with Crippen molar-refractivity contribution < 1.29 is 22.1 Å². The van der Waals surface area contributed by atoms with Gasteiger partial charge in [-0.2, -0.15) is 0 Å². The van der Waals surface area contributed by atoms with E-state index in [1.54, 1.807) is 20.8 Å². The van der Waals surface area contributed by atoms with Crippen molar-refractivity contribution >= 4 is 10.8 Å². The highest BCUT2D eigenvalue weighted by Gasteiger charge is 2.54. The second-order valence-electron chi connectivity index (χ2n) is 6.75. The molecule has 0 bridgehead atoms. The Bertz CT molecular complexity index is 637. The van der Waals surface area contributed by atoms with Gasteiger partial charge in [-0.3, -0.25) is 9.05 Å². The van der Waals surface area contributed by atoms with Gasteiger partial charge in [0.2, 0.25) is 0 Å². The van der Waals surface area contributed by atoms with Gasteiger partial charge in [0.05, 0.1) is 5.41 Å². The molecule has 0 amide bonds. The monoisotopic (exact) mass is 361 g/mol. The highest BCUT2D eigenvalue weighted by molar-refractivity contribution is 7.86. The normalized spacial score (nSPS) is 16.2. The molecule has 0 N–H and O–H groups in total. The summed E-state index contributed by atoms with van der Waals surface area (Å²) in [7, 11) is -1.63. The summed E-state index contributed by atoms with van der Waals surface area (Å²) in [5.41, 5.74) is -2.24. The second-order valence-corrected chi connectivity index (χ2v) is 8.96. The quantitative estimate of drug-likeness (QED) is 0.539. The molecule has 0 heterocycles. The van der Waals surface area contributed by atoms with Crippen molar-refractivity contribution in [2.45, 2.75) is 43.8 Å². The Labute approximate surface area is 143 Å². The number of ether oxygens (including phenoxy) is 1. The first-order valence-electron chi connectivity index (χ1n) is 7.38. The number of rotatable bonds is 7. The number of hydrogen-bond acceptors (Lipinski definition) is 2. The Hall–Kier alpha value is -1.39. The zero-order valence-corrected chi connectivity index (χ0v) is 15.1. The standard InChI is InChI=1S/C17H22F3NO2S/c1-15(2,3)24(22)11-16(4,13-8-6-7-9-14(13)18)17(19,20)10-23-12-21-5/h6-9H,10-12H2,1-4H3/t16-,24-/m1/s1. The maximum absolute atomic E-state index is 14.9. The zero-order valence-electron chi connectivity index (χ0n) is 14.2. The molecule has 0 aromatic heterocycles. The van der Waals surface area contributed by atoms with Crippen LogP contribution >= 0.6 is 0 Å². The van der Waals surface area contributed by atoms with Gasteiger partial charge in [-0.25, -0.2) is 19.7 Å². The van der Waals surface area contributed by atoms with Crippen molar-refractivity contribution in [1.82, 2.24) is 0 Å². The topological polar surface area (TPSA) is 30.7 Å². The van der Waals surface area contributed by atoms with Gasteiger partial charge in [-0.05, 0) is 33.8 Å². The molecule has 3 nitrogen and oxygen atoms in total. The molecule has 0 aliphatic heterocycles. The van der Waals surface area contributed by atoms with Gasteiger partial charge in [0.15, 0.2) is 0 Å². The van der Waals surface area contributed by atoms with Crippen LogP contribution in [0, 0.1) is 12.4 Å². The maximum atomic E-state index is 14.9. The van der Waals surface area contributed by atoms with E-state index in [0.29, 0.717) is 0 Å². The highest BCUT2D eigenvalue weighted by Crippen LogP contribution is 2.42. The fourth-order valence-electron chi connectivity index (χ4n) is 2.15. The Kier molecular flexibility index (Phi) is 6.59. The molecule has 1 rings (SSSR count). The summed E-state index contributed by atoms with van der Waals surface area (Å²) < 4.78 is 60.5. The van der Waals surface area contributed by atoms with E-state index in [9.17, 15) is 17.4 Å². The molecular weight excluding hydrogens is 339 g/mol. The third-order valence-electron chi connectivity index (χ3n) is 3.82. The molecule has 0 radical (unpaired) electrons. The molecule has 2 atom stereocenters. The minimum absolute atomic E-state index is 0.209. The van der Waals surface area contributed by atoms with Crippen molar-refractivity contribution in [3.8, 4) is 0 Å². The number of hydrogen-bond donors (Lipinski definition) is 0.